The second kappa shape index (κ2) is 4.49. The molecule has 1 atom stereocenters. The van der Waals surface area contributed by atoms with Crippen LogP contribution in [-0.4, -0.2) is 16.5 Å². The number of anilines is 1. The van der Waals surface area contributed by atoms with E-state index in [1.165, 1.54) is 0 Å². The fourth-order valence-electron chi connectivity index (χ4n) is 2.42. The van der Waals surface area contributed by atoms with Crippen molar-refractivity contribution in [2.45, 2.75) is 18.9 Å². The number of aromatic nitrogens is 2. The zero-order valence-electron chi connectivity index (χ0n) is 9.78. The van der Waals surface area contributed by atoms with E-state index in [1.54, 1.807) is 18.7 Å². The van der Waals surface area contributed by atoms with Gasteiger partial charge in [-0.3, -0.25) is 0 Å². The van der Waals surface area contributed by atoms with Gasteiger partial charge in [0.05, 0.1) is 12.3 Å². The van der Waals surface area contributed by atoms with Gasteiger partial charge in [0.2, 0.25) is 0 Å². The minimum atomic E-state index is 0.156. The molecule has 0 spiro atoms. The van der Waals surface area contributed by atoms with Gasteiger partial charge in [-0.1, -0.05) is 0 Å². The second-order valence-corrected chi connectivity index (χ2v) is 4.21. The first-order valence-electron chi connectivity index (χ1n) is 5.91. The van der Waals surface area contributed by atoms with Gasteiger partial charge in [0.1, 0.15) is 11.8 Å². The highest BCUT2D eigenvalue weighted by molar-refractivity contribution is 5.51. The summed E-state index contributed by atoms with van der Waals surface area (Å²) >= 11 is 0. The Balaban J connectivity index is 1.98. The molecule has 18 heavy (non-hydrogen) atoms. The second-order valence-electron chi connectivity index (χ2n) is 4.21. The van der Waals surface area contributed by atoms with Crippen molar-refractivity contribution < 1.29 is 4.42 Å². The number of hydrogen-bond acceptors (Lipinski definition) is 5. The van der Waals surface area contributed by atoms with Gasteiger partial charge < -0.3 is 9.32 Å². The average Bonchev–Trinajstić information content (AvgIpc) is 3.09. The first-order chi connectivity index (χ1) is 8.90. The van der Waals surface area contributed by atoms with E-state index < -0.39 is 0 Å². The summed E-state index contributed by atoms with van der Waals surface area (Å²) in [4.78, 5) is 10.5. The lowest BCUT2D eigenvalue weighted by Gasteiger charge is -2.24. The first-order valence-corrected chi connectivity index (χ1v) is 5.91. The summed E-state index contributed by atoms with van der Waals surface area (Å²) in [6.07, 6.45) is 6.91. The molecule has 0 amide bonds. The fourth-order valence-corrected chi connectivity index (χ4v) is 2.42. The van der Waals surface area contributed by atoms with Crippen LogP contribution in [0, 0.1) is 11.3 Å². The average molecular weight is 240 g/mol. The topological polar surface area (TPSA) is 66.0 Å². The SMILES string of the molecule is N#Cc1nccnc1N1CCCC1c1ccco1. The Morgan fingerprint density at radius 2 is 2.28 bits per heavy atom. The van der Waals surface area contributed by atoms with Crippen molar-refractivity contribution in [2.24, 2.45) is 0 Å². The molecule has 1 fully saturated rings. The molecule has 0 saturated carbocycles. The van der Waals surface area contributed by atoms with Crippen LogP contribution in [0.4, 0.5) is 5.82 Å². The molecule has 0 aliphatic carbocycles. The van der Waals surface area contributed by atoms with Gasteiger partial charge in [0, 0.05) is 18.9 Å². The third-order valence-electron chi connectivity index (χ3n) is 3.18. The molecule has 3 heterocycles. The van der Waals surface area contributed by atoms with E-state index in [-0.39, 0.29) is 6.04 Å². The van der Waals surface area contributed by atoms with Gasteiger partial charge in [0.25, 0.3) is 0 Å². The predicted octanol–water partition coefficient (Wildman–Crippen LogP) is 2.28. The maximum atomic E-state index is 9.09. The Morgan fingerprint density at radius 1 is 1.39 bits per heavy atom. The summed E-state index contributed by atoms with van der Waals surface area (Å²) < 4.78 is 5.47. The first kappa shape index (κ1) is 10.8. The van der Waals surface area contributed by atoms with Gasteiger partial charge in [-0.2, -0.15) is 5.26 Å². The van der Waals surface area contributed by atoms with E-state index in [9.17, 15) is 0 Å². The third-order valence-corrected chi connectivity index (χ3v) is 3.18. The molecule has 0 N–H and O–H groups in total. The van der Waals surface area contributed by atoms with Crippen LogP contribution in [0.15, 0.2) is 35.2 Å². The highest BCUT2D eigenvalue weighted by atomic mass is 16.3. The lowest BCUT2D eigenvalue weighted by Crippen LogP contribution is -2.24. The molecule has 2 aromatic heterocycles. The highest BCUT2D eigenvalue weighted by Crippen LogP contribution is 2.35. The normalized spacial score (nSPS) is 18.8. The van der Waals surface area contributed by atoms with Crippen LogP contribution in [-0.2, 0) is 0 Å². The lowest BCUT2D eigenvalue weighted by atomic mass is 10.1. The molecule has 1 aliphatic heterocycles. The molecule has 1 unspecified atom stereocenters. The van der Waals surface area contributed by atoms with Gasteiger partial charge in [-0.15, -0.1) is 0 Å². The van der Waals surface area contributed by atoms with E-state index in [2.05, 4.69) is 20.9 Å². The Labute approximate surface area is 105 Å². The molecule has 2 aromatic rings. The Kier molecular flexibility index (Phi) is 2.69. The van der Waals surface area contributed by atoms with E-state index in [0.29, 0.717) is 11.5 Å². The molecule has 0 aromatic carbocycles. The van der Waals surface area contributed by atoms with Gasteiger partial charge in [-0.25, -0.2) is 9.97 Å². The Hall–Kier alpha value is -2.35. The minimum Gasteiger partial charge on any atom is -0.467 e. The highest BCUT2D eigenvalue weighted by Gasteiger charge is 2.30. The van der Waals surface area contributed by atoms with Crippen molar-refractivity contribution >= 4 is 5.82 Å². The molecule has 5 nitrogen and oxygen atoms in total. The number of nitrogens with zero attached hydrogens (tertiary/aromatic N) is 4. The monoisotopic (exact) mass is 240 g/mol. The number of hydrogen-bond donors (Lipinski definition) is 0. The van der Waals surface area contributed by atoms with Crippen LogP contribution in [0.3, 0.4) is 0 Å². The van der Waals surface area contributed by atoms with Gasteiger partial charge in [-0.05, 0) is 25.0 Å². The van der Waals surface area contributed by atoms with Gasteiger partial charge in [0.15, 0.2) is 11.5 Å². The zero-order valence-corrected chi connectivity index (χ0v) is 9.78. The maximum Gasteiger partial charge on any atom is 0.183 e. The van der Waals surface area contributed by atoms with Crippen LogP contribution in [0.2, 0.25) is 0 Å². The fraction of sp³-hybridized carbons (Fsp3) is 0.308. The summed E-state index contributed by atoms with van der Waals surface area (Å²) in [5, 5.41) is 9.09. The van der Waals surface area contributed by atoms with Crippen LogP contribution >= 0.6 is 0 Å². The molecule has 0 radical (unpaired) electrons. The maximum absolute atomic E-state index is 9.09. The van der Waals surface area contributed by atoms with Crippen molar-refractivity contribution in [1.82, 2.24) is 9.97 Å². The molecule has 90 valence electrons. The largest absolute Gasteiger partial charge is 0.467 e. The summed E-state index contributed by atoms with van der Waals surface area (Å²) in [6.45, 7) is 0.874. The van der Waals surface area contributed by atoms with E-state index in [0.717, 1.165) is 25.1 Å². The molecular weight excluding hydrogens is 228 g/mol. The number of nitriles is 1. The molecule has 1 aliphatic rings. The molecule has 5 heteroatoms. The Bertz CT molecular complexity index is 573. The third kappa shape index (κ3) is 1.72. The van der Waals surface area contributed by atoms with Crippen molar-refractivity contribution in [2.75, 3.05) is 11.4 Å². The van der Waals surface area contributed by atoms with Crippen molar-refractivity contribution in [3.8, 4) is 6.07 Å². The quantitative estimate of drug-likeness (QED) is 0.805. The number of furan rings is 1. The van der Waals surface area contributed by atoms with Crippen molar-refractivity contribution in [3.63, 3.8) is 0 Å². The summed E-state index contributed by atoms with van der Waals surface area (Å²) in [5.41, 5.74) is 0.371. The summed E-state index contributed by atoms with van der Waals surface area (Å²) in [5.74, 6) is 1.57. The van der Waals surface area contributed by atoms with E-state index >= 15 is 0 Å². The standard InChI is InChI=1S/C13H12N4O/c14-9-10-13(16-6-5-15-10)17-7-1-3-11(17)12-4-2-8-18-12/h2,4-6,8,11H,1,3,7H2. The summed E-state index contributed by atoms with van der Waals surface area (Å²) in [7, 11) is 0. The van der Waals surface area contributed by atoms with Crippen molar-refractivity contribution in [3.05, 3.63) is 42.2 Å². The van der Waals surface area contributed by atoms with Crippen LogP contribution in [0.1, 0.15) is 30.3 Å². The minimum absolute atomic E-state index is 0.156. The summed E-state index contributed by atoms with van der Waals surface area (Å²) in [6, 6.07) is 6.10. The zero-order chi connectivity index (χ0) is 12.4. The van der Waals surface area contributed by atoms with Gasteiger partial charge >= 0.3 is 0 Å². The molecule has 0 bridgehead atoms. The van der Waals surface area contributed by atoms with Crippen LogP contribution < -0.4 is 4.90 Å². The Morgan fingerprint density at radius 3 is 3.06 bits per heavy atom. The van der Waals surface area contributed by atoms with E-state index in [1.807, 2.05) is 12.1 Å². The smallest absolute Gasteiger partial charge is 0.183 e. The predicted molar refractivity (Wildman–Crippen MR) is 64.8 cm³/mol. The number of rotatable bonds is 2. The molecule has 1 saturated heterocycles. The molecular formula is C13H12N4O. The van der Waals surface area contributed by atoms with Crippen LogP contribution in [0.5, 0.6) is 0 Å². The van der Waals surface area contributed by atoms with Crippen molar-refractivity contribution in [1.29, 1.82) is 5.26 Å². The lowest BCUT2D eigenvalue weighted by molar-refractivity contribution is 0.464. The van der Waals surface area contributed by atoms with Crippen LogP contribution in [0.25, 0.3) is 0 Å². The van der Waals surface area contributed by atoms with E-state index in [4.69, 9.17) is 9.68 Å². The molecule has 3 rings (SSSR count).